The number of aromatic hydroxyl groups is 2. The van der Waals surface area contributed by atoms with E-state index in [1.165, 1.54) is 0 Å². The molecule has 0 saturated heterocycles. The maximum atomic E-state index is 13.1. The summed E-state index contributed by atoms with van der Waals surface area (Å²) in [7, 11) is 1.59. The predicted octanol–water partition coefficient (Wildman–Crippen LogP) is 4.59. The molecule has 3 aromatic carbocycles. The van der Waals surface area contributed by atoms with Crippen molar-refractivity contribution in [2.24, 2.45) is 0 Å². The lowest BCUT2D eigenvalue weighted by Crippen LogP contribution is -2.24. The smallest absolute Gasteiger partial charge is 0.314 e. The zero-order chi connectivity index (χ0) is 20.8. The summed E-state index contributed by atoms with van der Waals surface area (Å²) in [5.74, 6) is -0.338. The highest BCUT2D eigenvalue weighted by Gasteiger charge is 2.33. The van der Waals surface area contributed by atoms with Gasteiger partial charge in [-0.05, 0) is 60.0 Å². The molecule has 0 fully saturated rings. The average Bonchev–Trinajstić information content (AvgIpc) is 2.74. The van der Waals surface area contributed by atoms with E-state index in [1.807, 2.05) is 24.3 Å². The van der Waals surface area contributed by atoms with Gasteiger partial charge in [0.05, 0.1) is 19.6 Å². The Balaban J connectivity index is 2.16. The molecule has 0 bridgehead atoms. The monoisotopic (exact) mass is 392 g/mol. The number of phenolic OH excluding ortho intramolecular Hbond substituents is 2. The van der Waals surface area contributed by atoms with E-state index in [4.69, 9.17) is 9.47 Å². The first-order valence-corrected chi connectivity index (χ1v) is 9.42. The largest absolute Gasteiger partial charge is 0.508 e. The lowest BCUT2D eigenvalue weighted by Gasteiger charge is -2.27. The summed E-state index contributed by atoms with van der Waals surface area (Å²) < 4.78 is 10.7. The molecule has 29 heavy (non-hydrogen) atoms. The van der Waals surface area contributed by atoms with E-state index in [-0.39, 0.29) is 30.0 Å². The quantitative estimate of drug-likeness (QED) is 0.576. The molecule has 0 aromatic heterocycles. The summed E-state index contributed by atoms with van der Waals surface area (Å²) in [6, 6.07) is 20.9. The van der Waals surface area contributed by atoms with Crippen LogP contribution in [0.4, 0.5) is 0 Å². The van der Waals surface area contributed by atoms with Gasteiger partial charge in [0.25, 0.3) is 0 Å². The summed E-state index contributed by atoms with van der Waals surface area (Å²) in [4.78, 5) is 13.1. The van der Waals surface area contributed by atoms with Crippen LogP contribution in [-0.4, -0.2) is 29.9 Å². The zero-order valence-electron chi connectivity index (χ0n) is 16.4. The fourth-order valence-corrected chi connectivity index (χ4v) is 3.45. The molecule has 0 aliphatic carbocycles. The van der Waals surface area contributed by atoms with Crippen LogP contribution in [0.3, 0.4) is 0 Å². The molecule has 0 saturated carbocycles. The molecule has 150 valence electrons. The highest BCUT2D eigenvalue weighted by atomic mass is 16.5. The van der Waals surface area contributed by atoms with E-state index in [0.29, 0.717) is 5.75 Å². The molecule has 5 heteroatoms. The maximum absolute atomic E-state index is 13.1. The van der Waals surface area contributed by atoms with Crippen LogP contribution in [0.2, 0.25) is 0 Å². The lowest BCUT2D eigenvalue weighted by atomic mass is 9.77. The second kappa shape index (κ2) is 9.15. The molecular formula is C24H24O5. The van der Waals surface area contributed by atoms with Crippen molar-refractivity contribution in [3.8, 4) is 17.2 Å². The van der Waals surface area contributed by atoms with Crippen LogP contribution in [0.25, 0.3) is 0 Å². The number of carbonyl (C=O) groups is 1. The van der Waals surface area contributed by atoms with E-state index in [0.717, 1.165) is 16.7 Å². The SMILES string of the molecule is CCOC(=O)C(c1ccc(OC)cc1)C(c1ccc(O)cc1)c1ccc(O)cc1. The molecule has 3 aromatic rings. The summed E-state index contributed by atoms with van der Waals surface area (Å²) in [6.45, 7) is 2.04. The van der Waals surface area contributed by atoms with Gasteiger partial charge < -0.3 is 19.7 Å². The first-order valence-electron chi connectivity index (χ1n) is 9.42. The summed E-state index contributed by atoms with van der Waals surface area (Å²) in [6.07, 6.45) is 0. The molecule has 3 rings (SSSR count). The zero-order valence-corrected chi connectivity index (χ0v) is 16.4. The highest BCUT2D eigenvalue weighted by Crippen LogP contribution is 2.40. The third kappa shape index (κ3) is 4.69. The molecule has 0 heterocycles. The number of ether oxygens (including phenoxy) is 2. The van der Waals surface area contributed by atoms with E-state index >= 15 is 0 Å². The average molecular weight is 392 g/mol. The Labute approximate surface area is 170 Å². The molecule has 0 radical (unpaired) electrons. The molecule has 5 nitrogen and oxygen atoms in total. The van der Waals surface area contributed by atoms with Crippen LogP contribution in [0, 0.1) is 0 Å². The highest BCUT2D eigenvalue weighted by molar-refractivity contribution is 5.80. The van der Waals surface area contributed by atoms with Crippen molar-refractivity contribution in [1.29, 1.82) is 0 Å². The first kappa shape index (κ1) is 20.3. The molecule has 1 unspecified atom stereocenters. The van der Waals surface area contributed by atoms with Crippen LogP contribution >= 0.6 is 0 Å². The second-order valence-corrected chi connectivity index (χ2v) is 6.66. The number of hydrogen-bond donors (Lipinski definition) is 2. The van der Waals surface area contributed by atoms with Crippen LogP contribution in [0.15, 0.2) is 72.8 Å². The Morgan fingerprint density at radius 1 is 0.793 bits per heavy atom. The number of carbonyl (C=O) groups excluding carboxylic acids is 1. The number of benzene rings is 3. The van der Waals surface area contributed by atoms with Crippen molar-refractivity contribution in [2.45, 2.75) is 18.8 Å². The van der Waals surface area contributed by atoms with Gasteiger partial charge in [-0.1, -0.05) is 36.4 Å². The topological polar surface area (TPSA) is 76.0 Å². The predicted molar refractivity (Wildman–Crippen MR) is 110 cm³/mol. The van der Waals surface area contributed by atoms with E-state index < -0.39 is 5.92 Å². The van der Waals surface area contributed by atoms with Crippen LogP contribution in [0.1, 0.15) is 35.4 Å². The Kier molecular flexibility index (Phi) is 6.39. The van der Waals surface area contributed by atoms with Gasteiger partial charge in [-0.15, -0.1) is 0 Å². The minimum absolute atomic E-state index is 0.148. The Hall–Kier alpha value is -3.47. The third-order valence-corrected chi connectivity index (χ3v) is 4.85. The Bertz CT molecular complexity index is 885. The molecule has 0 amide bonds. The van der Waals surface area contributed by atoms with Crippen molar-refractivity contribution >= 4 is 5.97 Å². The van der Waals surface area contributed by atoms with Gasteiger partial charge in [-0.25, -0.2) is 0 Å². The van der Waals surface area contributed by atoms with E-state index in [9.17, 15) is 15.0 Å². The van der Waals surface area contributed by atoms with E-state index in [2.05, 4.69) is 0 Å². The van der Waals surface area contributed by atoms with Gasteiger partial charge in [0.2, 0.25) is 0 Å². The number of rotatable bonds is 7. The van der Waals surface area contributed by atoms with Gasteiger partial charge in [0.15, 0.2) is 0 Å². The second-order valence-electron chi connectivity index (χ2n) is 6.66. The molecule has 0 aliphatic heterocycles. The van der Waals surface area contributed by atoms with Crippen molar-refractivity contribution in [3.63, 3.8) is 0 Å². The molecule has 2 N–H and O–H groups in total. The molecular weight excluding hydrogens is 368 g/mol. The van der Waals surface area contributed by atoms with Gasteiger partial charge in [-0.2, -0.15) is 0 Å². The van der Waals surface area contributed by atoms with Crippen molar-refractivity contribution < 1.29 is 24.5 Å². The standard InChI is InChI=1S/C24H24O5/c1-3-29-24(27)23(18-8-14-21(28-2)15-9-18)22(16-4-10-19(25)11-5-16)17-6-12-20(26)13-7-17/h4-15,22-23,25-26H,3H2,1-2H3. The molecule has 0 aliphatic rings. The Morgan fingerprint density at radius 3 is 1.66 bits per heavy atom. The van der Waals surface area contributed by atoms with Crippen LogP contribution in [-0.2, 0) is 9.53 Å². The number of methoxy groups -OCH3 is 1. The Morgan fingerprint density at radius 2 is 1.24 bits per heavy atom. The molecule has 0 spiro atoms. The third-order valence-electron chi connectivity index (χ3n) is 4.85. The number of phenols is 2. The fourth-order valence-electron chi connectivity index (χ4n) is 3.45. The minimum atomic E-state index is -0.616. The number of hydrogen-bond acceptors (Lipinski definition) is 5. The van der Waals surface area contributed by atoms with Gasteiger partial charge in [0.1, 0.15) is 17.2 Å². The number of esters is 1. The fraction of sp³-hybridized carbons (Fsp3) is 0.208. The summed E-state index contributed by atoms with van der Waals surface area (Å²) in [5.41, 5.74) is 2.49. The van der Waals surface area contributed by atoms with Crippen molar-refractivity contribution in [1.82, 2.24) is 0 Å². The van der Waals surface area contributed by atoms with E-state index in [1.54, 1.807) is 62.6 Å². The normalized spacial score (nSPS) is 11.8. The first-order chi connectivity index (χ1) is 14.0. The molecule has 1 atom stereocenters. The lowest BCUT2D eigenvalue weighted by molar-refractivity contribution is -0.145. The minimum Gasteiger partial charge on any atom is -0.508 e. The van der Waals surface area contributed by atoms with Gasteiger partial charge >= 0.3 is 5.97 Å². The van der Waals surface area contributed by atoms with Crippen LogP contribution < -0.4 is 4.74 Å². The van der Waals surface area contributed by atoms with Crippen LogP contribution in [0.5, 0.6) is 17.2 Å². The maximum Gasteiger partial charge on any atom is 0.314 e. The van der Waals surface area contributed by atoms with Crippen molar-refractivity contribution in [3.05, 3.63) is 89.5 Å². The summed E-state index contributed by atoms with van der Waals surface area (Å²) in [5, 5.41) is 19.4. The van der Waals surface area contributed by atoms with Gasteiger partial charge in [0, 0.05) is 5.92 Å². The van der Waals surface area contributed by atoms with Gasteiger partial charge in [-0.3, -0.25) is 4.79 Å². The summed E-state index contributed by atoms with van der Waals surface area (Å²) >= 11 is 0. The van der Waals surface area contributed by atoms with Crippen molar-refractivity contribution in [2.75, 3.05) is 13.7 Å².